The number of fused-ring (bicyclic) bond motifs is 1. The third kappa shape index (κ3) is 5.17. The topological polar surface area (TPSA) is 92.8 Å². The van der Waals surface area contributed by atoms with Crippen LogP contribution < -0.4 is 5.32 Å². The molecule has 1 heterocycles. The van der Waals surface area contributed by atoms with Crippen molar-refractivity contribution < 1.29 is 23.9 Å². The summed E-state index contributed by atoms with van der Waals surface area (Å²) in [7, 11) is 0. The van der Waals surface area contributed by atoms with E-state index in [1.807, 2.05) is 37.3 Å². The third-order valence-corrected chi connectivity index (χ3v) is 5.38. The van der Waals surface area contributed by atoms with Crippen LogP contribution in [0.2, 0.25) is 0 Å². The van der Waals surface area contributed by atoms with Gasteiger partial charge in [0.15, 0.2) is 6.10 Å². The molecule has 162 valence electrons. The molecule has 2 aromatic rings. The van der Waals surface area contributed by atoms with Crippen molar-refractivity contribution in [3.63, 3.8) is 0 Å². The number of nitrogens with zero attached hydrogens (tertiary/aromatic N) is 1. The Bertz CT molecular complexity index is 938. The smallest absolute Gasteiger partial charge is 0.308 e. The van der Waals surface area contributed by atoms with Crippen molar-refractivity contribution in [3.05, 3.63) is 71.3 Å². The minimum Gasteiger partial charge on any atom is -0.452 e. The maximum Gasteiger partial charge on any atom is 0.308 e. The van der Waals surface area contributed by atoms with Gasteiger partial charge in [-0.15, -0.1) is 0 Å². The Kier molecular flexibility index (Phi) is 7.18. The molecule has 0 radical (unpaired) electrons. The van der Waals surface area contributed by atoms with E-state index < -0.39 is 23.9 Å². The normalized spacial score (nSPS) is 14.7. The van der Waals surface area contributed by atoms with Gasteiger partial charge in [0.25, 0.3) is 17.7 Å². The van der Waals surface area contributed by atoms with E-state index in [2.05, 4.69) is 5.32 Å². The highest BCUT2D eigenvalue weighted by Crippen LogP contribution is 2.22. The number of benzene rings is 2. The van der Waals surface area contributed by atoms with Crippen LogP contribution in [-0.2, 0) is 14.3 Å². The first kappa shape index (κ1) is 22.2. The molecule has 7 heteroatoms. The summed E-state index contributed by atoms with van der Waals surface area (Å²) in [5, 5.41) is 2.83. The van der Waals surface area contributed by atoms with Crippen LogP contribution in [0.1, 0.15) is 58.9 Å². The van der Waals surface area contributed by atoms with Crippen molar-refractivity contribution in [2.45, 2.75) is 38.7 Å². The zero-order valence-electron chi connectivity index (χ0n) is 17.7. The van der Waals surface area contributed by atoms with Crippen LogP contribution in [0.3, 0.4) is 0 Å². The summed E-state index contributed by atoms with van der Waals surface area (Å²) in [5.41, 5.74) is 1.80. The number of nitrogens with one attached hydrogen (secondary N) is 1. The molecule has 2 atom stereocenters. The van der Waals surface area contributed by atoms with E-state index in [4.69, 9.17) is 4.74 Å². The van der Waals surface area contributed by atoms with E-state index in [9.17, 15) is 19.2 Å². The van der Waals surface area contributed by atoms with Crippen molar-refractivity contribution in [3.8, 4) is 0 Å². The average Bonchev–Trinajstić information content (AvgIpc) is 3.03. The summed E-state index contributed by atoms with van der Waals surface area (Å²) in [6.45, 7) is 3.90. The minimum absolute atomic E-state index is 0.0918. The second-order valence-corrected chi connectivity index (χ2v) is 7.45. The van der Waals surface area contributed by atoms with Gasteiger partial charge in [0.05, 0.1) is 17.5 Å². The van der Waals surface area contributed by atoms with Gasteiger partial charge < -0.3 is 10.1 Å². The molecule has 0 bridgehead atoms. The van der Waals surface area contributed by atoms with E-state index in [0.29, 0.717) is 17.7 Å². The highest BCUT2D eigenvalue weighted by Gasteiger charge is 2.35. The van der Waals surface area contributed by atoms with Crippen LogP contribution in [-0.4, -0.2) is 47.8 Å². The Labute approximate surface area is 181 Å². The molecule has 0 spiro atoms. The zero-order valence-corrected chi connectivity index (χ0v) is 17.7. The Hall–Kier alpha value is -3.48. The molecular formula is C24H26N2O5. The molecule has 1 N–H and O–H groups in total. The summed E-state index contributed by atoms with van der Waals surface area (Å²) in [6, 6.07) is 16.4. The number of rotatable bonds is 9. The number of amides is 3. The van der Waals surface area contributed by atoms with Crippen molar-refractivity contribution in [1.82, 2.24) is 10.2 Å². The van der Waals surface area contributed by atoms with Gasteiger partial charge in [0.2, 0.25) is 0 Å². The third-order valence-electron chi connectivity index (χ3n) is 5.38. The molecule has 0 fully saturated rings. The maximum absolute atomic E-state index is 12.3. The van der Waals surface area contributed by atoms with Gasteiger partial charge in [-0.2, -0.15) is 0 Å². The van der Waals surface area contributed by atoms with Crippen LogP contribution in [0, 0.1) is 0 Å². The number of hydrogen-bond acceptors (Lipinski definition) is 5. The largest absolute Gasteiger partial charge is 0.452 e. The van der Waals surface area contributed by atoms with E-state index in [0.717, 1.165) is 16.9 Å². The fourth-order valence-corrected chi connectivity index (χ4v) is 3.55. The molecule has 3 amide bonds. The lowest BCUT2D eigenvalue weighted by molar-refractivity contribution is -0.154. The van der Waals surface area contributed by atoms with Gasteiger partial charge in [-0.25, -0.2) is 0 Å². The van der Waals surface area contributed by atoms with Crippen LogP contribution in [0.25, 0.3) is 0 Å². The molecule has 31 heavy (non-hydrogen) atoms. The van der Waals surface area contributed by atoms with Crippen molar-refractivity contribution in [2.75, 3.05) is 13.1 Å². The quantitative estimate of drug-likeness (QED) is 0.495. The van der Waals surface area contributed by atoms with Gasteiger partial charge in [-0.05, 0) is 31.0 Å². The number of ether oxygens (including phenoxy) is 1. The second-order valence-electron chi connectivity index (χ2n) is 7.45. The fraction of sp³-hybridized carbons (Fsp3) is 0.333. The number of esters is 1. The van der Waals surface area contributed by atoms with Crippen molar-refractivity contribution in [2.24, 2.45) is 0 Å². The molecule has 0 unspecified atom stereocenters. The van der Waals surface area contributed by atoms with Crippen LogP contribution in [0.5, 0.6) is 0 Å². The molecule has 0 aliphatic carbocycles. The fourth-order valence-electron chi connectivity index (χ4n) is 3.55. The lowest BCUT2D eigenvalue weighted by Crippen LogP contribution is -2.38. The summed E-state index contributed by atoms with van der Waals surface area (Å²) < 4.78 is 5.19. The average molecular weight is 422 g/mol. The molecule has 1 aliphatic heterocycles. The van der Waals surface area contributed by atoms with E-state index in [1.165, 1.54) is 6.92 Å². The number of hydrogen-bond donors (Lipinski definition) is 1. The number of carbonyl (C=O) groups excluding carboxylic acids is 4. The highest BCUT2D eigenvalue weighted by molar-refractivity contribution is 6.21. The molecule has 2 aromatic carbocycles. The Balaban J connectivity index is 1.45. The van der Waals surface area contributed by atoms with Gasteiger partial charge in [0, 0.05) is 19.0 Å². The van der Waals surface area contributed by atoms with E-state index >= 15 is 0 Å². The summed E-state index contributed by atoms with van der Waals surface area (Å²) >= 11 is 0. The lowest BCUT2D eigenvalue weighted by Gasteiger charge is -2.19. The Morgan fingerprint density at radius 2 is 1.55 bits per heavy atom. The predicted molar refractivity (Wildman–Crippen MR) is 114 cm³/mol. The van der Waals surface area contributed by atoms with Crippen LogP contribution in [0.4, 0.5) is 0 Å². The van der Waals surface area contributed by atoms with Crippen molar-refractivity contribution >= 4 is 23.7 Å². The van der Waals surface area contributed by atoms with Gasteiger partial charge >= 0.3 is 5.97 Å². The second kappa shape index (κ2) is 10.0. The highest BCUT2D eigenvalue weighted by atomic mass is 16.5. The first-order chi connectivity index (χ1) is 14.9. The number of imide groups is 1. The first-order valence-corrected chi connectivity index (χ1v) is 10.4. The van der Waals surface area contributed by atoms with Crippen LogP contribution in [0.15, 0.2) is 54.6 Å². The number of carbonyl (C=O) groups is 4. The molecular weight excluding hydrogens is 396 g/mol. The Morgan fingerprint density at radius 1 is 0.968 bits per heavy atom. The standard InChI is InChI=1S/C24H26N2O5/c1-3-17(18-9-5-4-6-10-18)15-25-22(28)16(2)31-21(27)13-14-26-23(29)19-11-7-8-12-20(19)24(26)30/h4-12,16-17H,3,13-15H2,1-2H3,(H,25,28)/t16-,17+/m1/s1. The van der Waals surface area contributed by atoms with E-state index in [-0.39, 0.29) is 24.8 Å². The molecule has 1 aliphatic rings. The molecule has 7 nitrogen and oxygen atoms in total. The van der Waals surface area contributed by atoms with Gasteiger partial charge in [-0.3, -0.25) is 24.1 Å². The van der Waals surface area contributed by atoms with E-state index in [1.54, 1.807) is 24.3 Å². The predicted octanol–water partition coefficient (Wildman–Crippen LogP) is 2.91. The lowest BCUT2D eigenvalue weighted by atomic mass is 9.96. The Morgan fingerprint density at radius 3 is 2.13 bits per heavy atom. The minimum atomic E-state index is -0.969. The SMILES string of the molecule is CC[C@@H](CNC(=O)[C@@H](C)OC(=O)CCN1C(=O)c2ccccc2C1=O)c1ccccc1. The summed E-state index contributed by atoms with van der Waals surface area (Å²) in [4.78, 5) is 50.2. The van der Waals surface area contributed by atoms with Gasteiger partial charge in [0.1, 0.15) is 0 Å². The maximum atomic E-state index is 12.3. The molecule has 0 saturated carbocycles. The monoisotopic (exact) mass is 422 g/mol. The first-order valence-electron chi connectivity index (χ1n) is 10.4. The molecule has 0 aromatic heterocycles. The summed E-state index contributed by atoms with van der Waals surface area (Å²) in [6.07, 6.45) is -0.286. The van der Waals surface area contributed by atoms with Crippen molar-refractivity contribution in [1.29, 1.82) is 0 Å². The van der Waals surface area contributed by atoms with Gasteiger partial charge in [-0.1, -0.05) is 49.4 Å². The molecule has 0 saturated heterocycles. The van der Waals surface area contributed by atoms with Crippen LogP contribution >= 0.6 is 0 Å². The zero-order chi connectivity index (χ0) is 22.4. The molecule has 3 rings (SSSR count). The summed E-state index contributed by atoms with van der Waals surface area (Å²) in [5.74, 6) is -1.71.